The predicted molar refractivity (Wildman–Crippen MR) is 89.7 cm³/mol. The molecule has 0 unspecified atom stereocenters. The van der Waals surface area contributed by atoms with Gasteiger partial charge in [0.15, 0.2) is 0 Å². The van der Waals surface area contributed by atoms with E-state index in [2.05, 4.69) is 31.9 Å². The molecule has 10 heteroatoms. The molecule has 0 aromatic carbocycles. The number of thiophene rings is 2. The zero-order valence-electron chi connectivity index (χ0n) is 10.5. The topological polar surface area (TPSA) is 74.7 Å². The summed E-state index contributed by atoms with van der Waals surface area (Å²) in [5, 5.41) is 10.8. The third-order valence-electron chi connectivity index (χ3n) is 2.55. The number of nitrogens with zero attached hydrogens (tertiary/aromatic N) is 1. The van der Waals surface area contributed by atoms with Crippen LogP contribution in [0.2, 0.25) is 0 Å². The van der Waals surface area contributed by atoms with Crippen molar-refractivity contribution in [3.8, 4) is 0 Å². The number of aromatic carboxylic acids is 1. The molecule has 0 saturated heterocycles. The molecule has 5 nitrogen and oxygen atoms in total. The Kier molecular flexibility index (Phi) is 5.27. The number of carboxylic acid groups (broad SMARTS) is 1. The minimum atomic E-state index is -3.75. The number of sulfonamides is 1. The zero-order chi connectivity index (χ0) is 15.8. The standard InChI is InChI=1S/C11H9Br2NO4S3/c1-14(4-7-2-6(12)5-19-7)21(17,18)9-3-8(11(15)16)20-10(9)13/h2-3,5H,4H2,1H3,(H,15,16). The van der Waals surface area contributed by atoms with Crippen molar-refractivity contribution in [3.63, 3.8) is 0 Å². The maximum atomic E-state index is 12.5. The van der Waals surface area contributed by atoms with Gasteiger partial charge in [-0.1, -0.05) is 0 Å². The Hall–Kier alpha value is -0.260. The molecule has 2 aromatic rings. The lowest BCUT2D eigenvalue weighted by Gasteiger charge is -2.15. The Bertz CT molecular complexity index is 781. The van der Waals surface area contributed by atoms with Gasteiger partial charge >= 0.3 is 5.97 Å². The molecule has 0 aliphatic carbocycles. The first kappa shape index (κ1) is 17.1. The van der Waals surface area contributed by atoms with Crippen molar-refractivity contribution in [2.24, 2.45) is 0 Å². The number of carbonyl (C=O) groups is 1. The Balaban J connectivity index is 2.30. The lowest BCUT2D eigenvalue weighted by Crippen LogP contribution is -2.26. The molecule has 21 heavy (non-hydrogen) atoms. The van der Waals surface area contributed by atoms with Crippen LogP contribution in [0.1, 0.15) is 14.5 Å². The smallest absolute Gasteiger partial charge is 0.345 e. The Morgan fingerprint density at radius 1 is 1.38 bits per heavy atom. The van der Waals surface area contributed by atoms with Crippen LogP contribution < -0.4 is 0 Å². The van der Waals surface area contributed by atoms with Crippen LogP contribution in [-0.4, -0.2) is 30.8 Å². The summed E-state index contributed by atoms with van der Waals surface area (Å²) in [5.41, 5.74) is 0. The molecule has 0 aliphatic heterocycles. The number of halogens is 2. The van der Waals surface area contributed by atoms with Crippen molar-refractivity contribution in [3.05, 3.63) is 35.5 Å². The van der Waals surface area contributed by atoms with Crippen LogP contribution in [0.4, 0.5) is 0 Å². The van der Waals surface area contributed by atoms with Gasteiger partial charge in [0.2, 0.25) is 10.0 Å². The van der Waals surface area contributed by atoms with Crippen molar-refractivity contribution in [1.82, 2.24) is 4.31 Å². The lowest BCUT2D eigenvalue weighted by molar-refractivity contribution is 0.0702. The quantitative estimate of drug-likeness (QED) is 0.713. The van der Waals surface area contributed by atoms with Crippen molar-refractivity contribution in [1.29, 1.82) is 0 Å². The third-order valence-corrected chi connectivity index (χ3v) is 8.28. The highest BCUT2D eigenvalue weighted by molar-refractivity contribution is 9.11. The first-order chi connectivity index (χ1) is 9.71. The van der Waals surface area contributed by atoms with Crippen LogP contribution in [0.25, 0.3) is 0 Å². The van der Waals surface area contributed by atoms with E-state index < -0.39 is 16.0 Å². The number of carboxylic acids is 1. The summed E-state index contributed by atoms with van der Waals surface area (Å²) in [6.45, 7) is 0.225. The molecule has 0 saturated carbocycles. The van der Waals surface area contributed by atoms with Crippen LogP contribution >= 0.6 is 54.5 Å². The Morgan fingerprint density at radius 2 is 2.05 bits per heavy atom. The molecule has 0 fully saturated rings. The molecule has 0 spiro atoms. The third kappa shape index (κ3) is 3.74. The van der Waals surface area contributed by atoms with E-state index in [4.69, 9.17) is 5.11 Å². The summed E-state index contributed by atoms with van der Waals surface area (Å²) in [6.07, 6.45) is 0. The average Bonchev–Trinajstić information content (AvgIpc) is 2.96. The van der Waals surface area contributed by atoms with Gasteiger partial charge in [0.05, 0.1) is 3.79 Å². The molecule has 0 bridgehead atoms. The second-order valence-electron chi connectivity index (χ2n) is 4.05. The van der Waals surface area contributed by atoms with Gasteiger partial charge in [0.1, 0.15) is 9.77 Å². The highest BCUT2D eigenvalue weighted by Crippen LogP contribution is 2.34. The maximum Gasteiger partial charge on any atom is 0.345 e. The van der Waals surface area contributed by atoms with Gasteiger partial charge in [-0.15, -0.1) is 22.7 Å². The van der Waals surface area contributed by atoms with Crippen LogP contribution in [0.5, 0.6) is 0 Å². The summed E-state index contributed by atoms with van der Waals surface area (Å²) in [7, 11) is -2.28. The van der Waals surface area contributed by atoms with Crippen molar-refractivity contribution in [2.75, 3.05) is 7.05 Å². The van der Waals surface area contributed by atoms with Crippen LogP contribution in [0.3, 0.4) is 0 Å². The van der Waals surface area contributed by atoms with Gasteiger partial charge in [-0.25, -0.2) is 13.2 Å². The summed E-state index contributed by atoms with van der Waals surface area (Å²) < 4.78 is 27.4. The summed E-state index contributed by atoms with van der Waals surface area (Å²) in [5.74, 6) is -1.15. The molecule has 0 amide bonds. The van der Waals surface area contributed by atoms with Crippen LogP contribution in [0.15, 0.2) is 30.7 Å². The van der Waals surface area contributed by atoms with E-state index in [1.807, 2.05) is 11.4 Å². The van der Waals surface area contributed by atoms with E-state index in [9.17, 15) is 13.2 Å². The largest absolute Gasteiger partial charge is 0.477 e. The first-order valence-electron chi connectivity index (χ1n) is 5.43. The first-order valence-corrected chi connectivity index (χ1v) is 10.2. The highest BCUT2D eigenvalue weighted by Gasteiger charge is 2.27. The molecular formula is C11H9Br2NO4S3. The molecule has 0 aliphatic rings. The minimum Gasteiger partial charge on any atom is -0.477 e. The fourth-order valence-electron chi connectivity index (χ4n) is 1.54. The predicted octanol–water partition coefficient (Wildman–Crippen LogP) is 3.85. The van der Waals surface area contributed by atoms with E-state index in [0.717, 1.165) is 20.7 Å². The van der Waals surface area contributed by atoms with E-state index in [0.29, 0.717) is 3.79 Å². The minimum absolute atomic E-state index is 0.0206. The molecular weight excluding hydrogens is 466 g/mol. The summed E-state index contributed by atoms with van der Waals surface area (Å²) >= 11 is 8.77. The van der Waals surface area contributed by atoms with Gasteiger partial charge in [-0.2, -0.15) is 4.31 Å². The molecule has 0 atom stereocenters. The van der Waals surface area contributed by atoms with Crippen molar-refractivity contribution < 1.29 is 18.3 Å². The monoisotopic (exact) mass is 473 g/mol. The van der Waals surface area contributed by atoms with E-state index >= 15 is 0 Å². The summed E-state index contributed by atoms with van der Waals surface area (Å²) in [4.78, 5) is 11.8. The number of rotatable bonds is 5. The fraction of sp³-hybridized carbons (Fsp3) is 0.182. The van der Waals surface area contributed by atoms with Gasteiger partial charge in [-0.3, -0.25) is 0 Å². The molecule has 2 aromatic heterocycles. The molecule has 2 rings (SSSR count). The molecule has 2 heterocycles. The average molecular weight is 475 g/mol. The zero-order valence-corrected chi connectivity index (χ0v) is 16.2. The molecule has 114 valence electrons. The number of hydrogen-bond donors (Lipinski definition) is 1. The van der Waals surface area contributed by atoms with Crippen LogP contribution in [0, 0.1) is 0 Å². The van der Waals surface area contributed by atoms with Gasteiger partial charge in [-0.05, 0) is 44.0 Å². The Labute approximate surface area is 146 Å². The molecule has 1 N–H and O–H groups in total. The van der Waals surface area contributed by atoms with E-state index in [-0.39, 0.29) is 16.3 Å². The Morgan fingerprint density at radius 3 is 2.52 bits per heavy atom. The van der Waals surface area contributed by atoms with Gasteiger partial charge in [0.25, 0.3) is 0 Å². The van der Waals surface area contributed by atoms with Crippen LogP contribution in [-0.2, 0) is 16.6 Å². The molecule has 0 radical (unpaired) electrons. The van der Waals surface area contributed by atoms with E-state index in [1.165, 1.54) is 28.8 Å². The van der Waals surface area contributed by atoms with Gasteiger partial charge < -0.3 is 5.11 Å². The summed E-state index contributed by atoms with van der Waals surface area (Å²) in [6, 6.07) is 3.02. The van der Waals surface area contributed by atoms with Crippen molar-refractivity contribution in [2.45, 2.75) is 11.4 Å². The second-order valence-corrected chi connectivity index (χ2v) is 10.3. The van der Waals surface area contributed by atoms with E-state index in [1.54, 1.807) is 0 Å². The lowest BCUT2D eigenvalue weighted by atomic mass is 10.5. The van der Waals surface area contributed by atoms with Gasteiger partial charge in [0, 0.05) is 28.3 Å². The SMILES string of the molecule is CN(Cc1cc(Br)cs1)S(=O)(=O)c1cc(C(=O)O)sc1Br. The normalized spacial score (nSPS) is 12.0. The highest BCUT2D eigenvalue weighted by atomic mass is 79.9. The second kappa shape index (κ2) is 6.47. The number of hydrogen-bond acceptors (Lipinski definition) is 5. The fourth-order valence-corrected chi connectivity index (χ4v) is 6.63. The maximum absolute atomic E-state index is 12.5. The van der Waals surface area contributed by atoms with Crippen molar-refractivity contribution >= 4 is 70.5 Å².